The topological polar surface area (TPSA) is 52.6 Å². The van der Waals surface area contributed by atoms with Crippen molar-refractivity contribution in [3.05, 3.63) is 96.1 Å². The van der Waals surface area contributed by atoms with E-state index in [2.05, 4.69) is 0 Å². The van der Waals surface area contributed by atoms with E-state index in [1.54, 1.807) is 0 Å². The Morgan fingerprint density at radius 3 is 1.42 bits per heavy atom. The molecule has 0 saturated heterocycles. The highest BCUT2D eigenvalue weighted by Gasteiger charge is 2.46. The smallest absolute Gasteiger partial charge is 0.323 e. The molecule has 0 atom stereocenters. The summed E-state index contributed by atoms with van der Waals surface area (Å²) in [6.45, 7) is 3.86. The van der Waals surface area contributed by atoms with Gasteiger partial charge in [0, 0.05) is 0 Å². The van der Waals surface area contributed by atoms with Gasteiger partial charge < -0.3 is 9.47 Å². The second-order valence-corrected chi connectivity index (χ2v) is 8.22. The predicted octanol–water partition coefficient (Wildman–Crippen LogP) is 6.59. The maximum absolute atomic E-state index is 13.2. The molecule has 4 aromatic carbocycles. The molecule has 0 unspecified atom stereocenters. The van der Waals surface area contributed by atoms with Crippen LogP contribution in [0.25, 0.3) is 21.5 Å². The standard InChI is InChI=1S/C29H28O4/c1-3-29(4-2,27(30)32-19-23-15-9-13-21-11-5-7-17-25(21)23)28(31)33-20-24-16-10-14-22-12-6-8-18-26(22)24/h5-18H,3-4,19-20H2,1-2H3. The fourth-order valence-electron chi connectivity index (χ4n) is 4.31. The molecule has 0 aliphatic heterocycles. The van der Waals surface area contributed by atoms with Gasteiger partial charge in [-0.25, -0.2) is 0 Å². The molecule has 0 bridgehead atoms. The van der Waals surface area contributed by atoms with Crippen LogP contribution in [-0.2, 0) is 32.3 Å². The molecular weight excluding hydrogens is 412 g/mol. The van der Waals surface area contributed by atoms with E-state index in [1.807, 2.05) is 98.8 Å². The Labute approximate surface area is 194 Å². The molecule has 4 rings (SSSR count). The molecule has 0 fully saturated rings. The largest absolute Gasteiger partial charge is 0.460 e. The summed E-state index contributed by atoms with van der Waals surface area (Å²) in [5.41, 5.74) is 0.494. The normalized spacial score (nSPS) is 11.5. The van der Waals surface area contributed by atoms with Crippen LogP contribution in [0, 0.1) is 5.41 Å². The zero-order valence-corrected chi connectivity index (χ0v) is 19.0. The third kappa shape index (κ3) is 4.47. The number of carbonyl (C=O) groups excluding carboxylic acids is 2. The summed E-state index contributed by atoms with van der Waals surface area (Å²) in [5.74, 6) is -1.08. The van der Waals surface area contributed by atoms with E-state index < -0.39 is 17.4 Å². The van der Waals surface area contributed by atoms with Crippen molar-refractivity contribution in [3.63, 3.8) is 0 Å². The van der Waals surface area contributed by atoms with Crippen LogP contribution in [-0.4, -0.2) is 11.9 Å². The van der Waals surface area contributed by atoms with E-state index in [9.17, 15) is 9.59 Å². The van der Waals surface area contributed by atoms with Crippen molar-refractivity contribution >= 4 is 33.5 Å². The molecule has 0 radical (unpaired) electrons. The Morgan fingerprint density at radius 1 is 0.606 bits per heavy atom. The van der Waals surface area contributed by atoms with Gasteiger partial charge in [0.1, 0.15) is 13.2 Å². The van der Waals surface area contributed by atoms with Gasteiger partial charge in [0.15, 0.2) is 5.41 Å². The van der Waals surface area contributed by atoms with Crippen LogP contribution in [0.2, 0.25) is 0 Å². The van der Waals surface area contributed by atoms with Crippen LogP contribution in [0.4, 0.5) is 0 Å². The van der Waals surface area contributed by atoms with Crippen molar-refractivity contribution < 1.29 is 19.1 Å². The van der Waals surface area contributed by atoms with E-state index >= 15 is 0 Å². The van der Waals surface area contributed by atoms with Gasteiger partial charge >= 0.3 is 11.9 Å². The molecule has 0 aliphatic carbocycles. The van der Waals surface area contributed by atoms with Crippen LogP contribution >= 0.6 is 0 Å². The SMILES string of the molecule is CCC(CC)(C(=O)OCc1cccc2ccccc12)C(=O)OCc1cccc2ccccc12. The van der Waals surface area contributed by atoms with E-state index in [4.69, 9.17) is 9.47 Å². The first-order valence-electron chi connectivity index (χ1n) is 11.4. The van der Waals surface area contributed by atoms with E-state index in [0.29, 0.717) is 12.8 Å². The van der Waals surface area contributed by atoms with Gasteiger partial charge in [-0.05, 0) is 45.5 Å². The van der Waals surface area contributed by atoms with Gasteiger partial charge in [0.2, 0.25) is 0 Å². The van der Waals surface area contributed by atoms with Gasteiger partial charge in [-0.3, -0.25) is 9.59 Å². The van der Waals surface area contributed by atoms with Crippen molar-refractivity contribution in [2.45, 2.75) is 39.9 Å². The number of fused-ring (bicyclic) bond motifs is 2. The third-order valence-electron chi connectivity index (χ3n) is 6.47. The van der Waals surface area contributed by atoms with E-state index in [1.165, 1.54) is 0 Å². The lowest BCUT2D eigenvalue weighted by Gasteiger charge is -2.27. The van der Waals surface area contributed by atoms with Crippen molar-refractivity contribution in [2.75, 3.05) is 0 Å². The average molecular weight is 441 g/mol. The molecule has 0 saturated carbocycles. The van der Waals surface area contributed by atoms with Crippen LogP contribution in [0.3, 0.4) is 0 Å². The predicted molar refractivity (Wildman–Crippen MR) is 131 cm³/mol. The highest BCUT2D eigenvalue weighted by Crippen LogP contribution is 2.32. The van der Waals surface area contributed by atoms with Crippen LogP contribution in [0.15, 0.2) is 84.9 Å². The molecule has 168 valence electrons. The quantitative estimate of drug-likeness (QED) is 0.229. The Bertz CT molecular complexity index is 1180. The Hall–Kier alpha value is -3.66. The molecule has 0 spiro atoms. The number of benzene rings is 4. The minimum absolute atomic E-state index is 0.110. The lowest BCUT2D eigenvalue weighted by molar-refractivity contribution is -0.175. The van der Waals surface area contributed by atoms with Crippen molar-refractivity contribution in [2.24, 2.45) is 5.41 Å². The lowest BCUT2D eigenvalue weighted by Crippen LogP contribution is -2.41. The fourth-order valence-corrected chi connectivity index (χ4v) is 4.31. The van der Waals surface area contributed by atoms with Gasteiger partial charge in [0.05, 0.1) is 0 Å². The minimum Gasteiger partial charge on any atom is -0.460 e. The summed E-state index contributed by atoms with van der Waals surface area (Å²) in [5, 5.41) is 4.23. The number of hydrogen-bond donors (Lipinski definition) is 0. The molecular formula is C29H28O4. The Kier molecular flexibility index (Phi) is 6.74. The summed E-state index contributed by atoms with van der Waals surface area (Å²) in [7, 11) is 0. The molecule has 4 heteroatoms. The van der Waals surface area contributed by atoms with Gasteiger partial charge in [-0.1, -0.05) is 98.8 Å². The number of esters is 2. The van der Waals surface area contributed by atoms with Crippen molar-refractivity contribution in [1.82, 2.24) is 0 Å². The number of hydrogen-bond acceptors (Lipinski definition) is 4. The summed E-state index contributed by atoms with van der Waals surface area (Å²) < 4.78 is 11.4. The maximum atomic E-state index is 13.2. The van der Waals surface area contributed by atoms with Crippen molar-refractivity contribution in [1.29, 1.82) is 0 Å². The highest BCUT2D eigenvalue weighted by molar-refractivity contribution is 6.00. The van der Waals surface area contributed by atoms with E-state index in [0.717, 1.165) is 32.7 Å². The zero-order chi connectivity index (χ0) is 23.3. The zero-order valence-electron chi connectivity index (χ0n) is 19.0. The molecule has 33 heavy (non-hydrogen) atoms. The van der Waals surface area contributed by atoms with Crippen LogP contribution in [0.5, 0.6) is 0 Å². The molecule has 4 nitrogen and oxygen atoms in total. The lowest BCUT2D eigenvalue weighted by atomic mass is 9.82. The molecule has 0 N–H and O–H groups in total. The number of ether oxygens (including phenoxy) is 2. The van der Waals surface area contributed by atoms with Gasteiger partial charge in [-0.2, -0.15) is 0 Å². The van der Waals surface area contributed by atoms with Crippen molar-refractivity contribution in [3.8, 4) is 0 Å². The first-order valence-corrected chi connectivity index (χ1v) is 11.4. The Balaban J connectivity index is 1.49. The first-order chi connectivity index (χ1) is 16.1. The molecule has 0 heterocycles. The molecule has 0 aromatic heterocycles. The first kappa shape index (κ1) is 22.5. The van der Waals surface area contributed by atoms with E-state index in [-0.39, 0.29) is 13.2 Å². The maximum Gasteiger partial charge on any atom is 0.323 e. The highest BCUT2D eigenvalue weighted by atomic mass is 16.6. The molecule has 0 aliphatic rings. The monoisotopic (exact) mass is 440 g/mol. The second kappa shape index (κ2) is 9.86. The Morgan fingerprint density at radius 2 is 1.00 bits per heavy atom. The summed E-state index contributed by atoms with van der Waals surface area (Å²) in [6.07, 6.45) is 0.623. The fraction of sp³-hybridized carbons (Fsp3) is 0.241. The van der Waals surface area contributed by atoms with Crippen LogP contribution < -0.4 is 0 Å². The third-order valence-corrected chi connectivity index (χ3v) is 6.47. The summed E-state index contributed by atoms with van der Waals surface area (Å²) >= 11 is 0. The molecule has 0 amide bonds. The van der Waals surface area contributed by atoms with Gasteiger partial charge in [0.25, 0.3) is 0 Å². The minimum atomic E-state index is -1.32. The number of rotatable bonds is 8. The van der Waals surface area contributed by atoms with Gasteiger partial charge in [-0.15, -0.1) is 0 Å². The van der Waals surface area contributed by atoms with Crippen LogP contribution in [0.1, 0.15) is 37.8 Å². The summed E-state index contributed by atoms with van der Waals surface area (Å²) in [6, 6.07) is 27.7. The second-order valence-electron chi connectivity index (χ2n) is 8.22. The molecule has 4 aromatic rings. The average Bonchev–Trinajstić information content (AvgIpc) is 2.87. The summed E-state index contributed by atoms with van der Waals surface area (Å²) in [4.78, 5) is 26.4. The number of carbonyl (C=O) groups is 2.